The lowest BCUT2D eigenvalue weighted by atomic mass is 9.85. The van der Waals surface area contributed by atoms with E-state index in [-0.39, 0.29) is 12.5 Å². The van der Waals surface area contributed by atoms with Crippen molar-refractivity contribution in [1.29, 1.82) is 0 Å². The van der Waals surface area contributed by atoms with Crippen LogP contribution in [0, 0.1) is 5.92 Å². The van der Waals surface area contributed by atoms with Crippen molar-refractivity contribution in [2.45, 2.75) is 32.1 Å². The minimum Gasteiger partial charge on any atom is -0.481 e. The Balaban J connectivity index is 1.94. The van der Waals surface area contributed by atoms with E-state index in [0.717, 1.165) is 12.1 Å². The van der Waals surface area contributed by atoms with E-state index in [9.17, 15) is 9.59 Å². The highest BCUT2D eigenvalue weighted by molar-refractivity contribution is 5.90. The number of nitrogens with one attached hydrogen (secondary N) is 1. The molecule has 0 unspecified atom stereocenters. The summed E-state index contributed by atoms with van der Waals surface area (Å²) < 4.78 is 0. The summed E-state index contributed by atoms with van der Waals surface area (Å²) in [4.78, 5) is 24.6. The molecule has 1 aliphatic rings. The molecule has 1 fully saturated rings. The molecule has 1 saturated carbocycles. The molecular weight excluding hydrogens is 268 g/mol. The van der Waals surface area contributed by atoms with Gasteiger partial charge in [-0.3, -0.25) is 4.79 Å². The summed E-state index contributed by atoms with van der Waals surface area (Å²) in [6.07, 6.45) is 4.14. The molecule has 2 N–H and O–H groups in total. The topological polar surface area (TPSA) is 69.6 Å². The molecule has 5 nitrogen and oxygen atoms in total. The highest BCUT2D eigenvalue weighted by Crippen LogP contribution is 2.27. The highest BCUT2D eigenvalue weighted by atomic mass is 16.4. The molecule has 0 atom stereocenters. The Morgan fingerprint density at radius 3 is 2.67 bits per heavy atom. The monoisotopic (exact) mass is 290 g/mol. The number of carbonyl (C=O) groups excluding carboxylic acids is 1. The second-order valence-electron chi connectivity index (χ2n) is 5.66. The lowest BCUT2D eigenvalue weighted by Crippen LogP contribution is -2.37. The average molecular weight is 290 g/mol. The van der Waals surface area contributed by atoms with Gasteiger partial charge >= 0.3 is 12.0 Å². The Morgan fingerprint density at radius 2 is 2.05 bits per heavy atom. The number of nitrogens with zero attached hydrogens (tertiary/aromatic N) is 1. The average Bonchev–Trinajstić information content (AvgIpc) is 2.41. The van der Waals surface area contributed by atoms with Gasteiger partial charge in [0.2, 0.25) is 0 Å². The number of carboxylic acid groups (broad SMARTS) is 1. The largest absolute Gasteiger partial charge is 0.481 e. The third-order valence-corrected chi connectivity index (χ3v) is 3.97. The number of aliphatic carboxylic acids is 1. The standard InChI is InChI=1S/C16H22N2O3/c1-18(11-12-5-4-6-12)16(21)17-14-8-3-2-7-13(14)9-10-15(19)20/h2-3,7-8,12H,4-6,9-11H2,1H3,(H,17,21)(H,19,20). The van der Waals surface area contributed by atoms with Crippen molar-refractivity contribution in [3.05, 3.63) is 29.8 Å². The van der Waals surface area contributed by atoms with Gasteiger partial charge in [-0.25, -0.2) is 4.79 Å². The maximum absolute atomic E-state index is 12.2. The molecule has 0 aliphatic heterocycles. The van der Waals surface area contributed by atoms with E-state index < -0.39 is 5.97 Å². The van der Waals surface area contributed by atoms with Crippen molar-refractivity contribution in [1.82, 2.24) is 4.90 Å². The van der Waals surface area contributed by atoms with Crippen LogP contribution in [-0.2, 0) is 11.2 Å². The van der Waals surface area contributed by atoms with Crippen LogP contribution in [0.5, 0.6) is 0 Å². The molecule has 1 aromatic carbocycles. The van der Waals surface area contributed by atoms with E-state index in [1.54, 1.807) is 11.9 Å². The third-order valence-electron chi connectivity index (χ3n) is 3.97. The first-order chi connectivity index (χ1) is 10.1. The van der Waals surface area contributed by atoms with Crippen LogP contribution < -0.4 is 5.32 Å². The summed E-state index contributed by atoms with van der Waals surface area (Å²) >= 11 is 0. The van der Waals surface area contributed by atoms with Crippen molar-refractivity contribution in [2.75, 3.05) is 18.9 Å². The molecule has 21 heavy (non-hydrogen) atoms. The van der Waals surface area contributed by atoms with Gasteiger partial charge in [0.15, 0.2) is 0 Å². The Kier molecular flexibility index (Phi) is 5.20. The zero-order chi connectivity index (χ0) is 15.2. The van der Waals surface area contributed by atoms with Crippen LogP contribution in [0.4, 0.5) is 10.5 Å². The Morgan fingerprint density at radius 1 is 1.33 bits per heavy atom. The molecule has 5 heteroatoms. The van der Waals surface area contributed by atoms with Crippen molar-refractivity contribution >= 4 is 17.7 Å². The van der Waals surface area contributed by atoms with Gasteiger partial charge < -0.3 is 15.3 Å². The number of hydrogen-bond acceptors (Lipinski definition) is 2. The number of benzene rings is 1. The van der Waals surface area contributed by atoms with Gasteiger partial charge in [0.05, 0.1) is 0 Å². The van der Waals surface area contributed by atoms with Gasteiger partial charge in [-0.1, -0.05) is 24.6 Å². The highest BCUT2D eigenvalue weighted by Gasteiger charge is 2.21. The van der Waals surface area contributed by atoms with Crippen molar-refractivity contribution in [2.24, 2.45) is 5.92 Å². The maximum Gasteiger partial charge on any atom is 0.321 e. The number of aryl methyl sites for hydroxylation is 1. The van der Waals surface area contributed by atoms with Crippen molar-refractivity contribution in [3.8, 4) is 0 Å². The SMILES string of the molecule is CN(CC1CCC1)C(=O)Nc1ccccc1CCC(=O)O. The Bertz CT molecular complexity index is 512. The first kappa shape index (κ1) is 15.4. The summed E-state index contributed by atoms with van der Waals surface area (Å²) in [5.41, 5.74) is 1.55. The molecule has 2 rings (SSSR count). The number of anilines is 1. The normalized spacial score (nSPS) is 14.3. The van der Waals surface area contributed by atoms with Crippen LogP contribution in [0.15, 0.2) is 24.3 Å². The second kappa shape index (κ2) is 7.11. The van der Waals surface area contributed by atoms with Crippen LogP contribution in [0.3, 0.4) is 0 Å². The van der Waals surface area contributed by atoms with Gasteiger partial charge in [0, 0.05) is 25.7 Å². The molecule has 0 aromatic heterocycles. The molecule has 1 aliphatic carbocycles. The first-order valence-electron chi connectivity index (χ1n) is 7.38. The van der Waals surface area contributed by atoms with Gasteiger partial charge in [-0.2, -0.15) is 0 Å². The van der Waals surface area contributed by atoms with Crippen molar-refractivity contribution < 1.29 is 14.7 Å². The molecule has 0 radical (unpaired) electrons. The number of rotatable bonds is 6. The number of carboxylic acids is 1. The molecule has 0 spiro atoms. The molecule has 0 heterocycles. The first-order valence-corrected chi connectivity index (χ1v) is 7.38. The fourth-order valence-corrected chi connectivity index (χ4v) is 2.46. The fraction of sp³-hybridized carbons (Fsp3) is 0.500. The molecule has 0 bridgehead atoms. The minimum absolute atomic E-state index is 0.0603. The minimum atomic E-state index is -0.835. The van der Waals surface area contributed by atoms with Gasteiger partial charge in [0.1, 0.15) is 0 Å². The van der Waals surface area contributed by atoms with Gasteiger partial charge in [-0.15, -0.1) is 0 Å². The van der Waals surface area contributed by atoms with Crippen LogP contribution in [0.25, 0.3) is 0 Å². The summed E-state index contributed by atoms with van der Waals surface area (Å²) in [6.45, 7) is 0.781. The number of urea groups is 1. The zero-order valence-electron chi connectivity index (χ0n) is 12.3. The van der Waals surface area contributed by atoms with E-state index in [4.69, 9.17) is 5.11 Å². The van der Waals surface area contributed by atoms with Crippen LogP contribution in [-0.4, -0.2) is 35.6 Å². The second-order valence-corrected chi connectivity index (χ2v) is 5.66. The lowest BCUT2D eigenvalue weighted by molar-refractivity contribution is -0.136. The van der Waals surface area contributed by atoms with E-state index in [1.807, 2.05) is 24.3 Å². The maximum atomic E-state index is 12.2. The number of hydrogen-bond donors (Lipinski definition) is 2. The van der Waals surface area contributed by atoms with Crippen LogP contribution >= 0.6 is 0 Å². The molecule has 2 amide bonds. The Labute approximate surface area is 125 Å². The smallest absolute Gasteiger partial charge is 0.321 e. The summed E-state index contributed by atoms with van der Waals surface area (Å²) in [5, 5.41) is 11.7. The summed E-state index contributed by atoms with van der Waals surface area (Å²) in [6, 6.07) is 7.22. The zero-order valence-corrected chi connectivity index (χ0v) is 12.3. The van der Waals surface area contributed by atoms with E-state index in [2.05, 4.69) is 5.32 Å². The molecular formula is C16H22N2O3. The molecule has 0 saturated heterocycles. The number of amides is 2. The predicted octanol–water partition coefficient (Wildman–Crippen LogP) is 2.97. The van der Waals surface area contributed by atoms with Crippen LogP contribution in [0.1, 0.15) is 31.2 Å². The number of carbonyl (C=O) groups is 2. The molecule has 114 valence electrons. The van der Waals surface area contributed by atoms with E-state index in [0.29, 0.717) is 18.0 Å². The van der Waals surface area contributed by atoms with E-state index in [1.165, 1.54) is 19.3 Å². The molecule has 1 aromatic rings. The quantitative estimate of drug-likeness (QED) is 0.846. The summed E-state index contributed by atoms with van der Waals surface area (Å²) in [5.74, 6) is -0.207. The number of para-hydroxylation sites is 1. The fourth-order valence-electron chi connectivity index (χ4n) is 2.46. The van der Waals surface area contributed by atoms with Crippen LogP contribution in [0.2, 0.25) is 0 Å². The van der Waals surface area contributed by atoms with Gasteiger partial charge in [0.25, 0.3) is 0 Å². The predicted molar refractivity (Wildman–Crippen MR) is 81.4 cm³/mol. The summed E-state index contributed by atoms with van der Waals surface area (Å²) in [7, 11) is 1.80. The lowest BCUT2D eigenvalue weighted by Gasteiger charge is -2.30. The Hall–Kier alpha value is -2.04. The third kappa shape index (κ3) is 4.48. The van der Waals surface area contributed by atoms with E-state index >= 15 is 0 Å². The van der Waals surface area contributed by atoms with Gasteiger partial charge in [-0.05, 0) is 36.8 Å². The van der Waals surface area contributed by atoms with Crippen molar-refractivity contribution in [3.63, 3.8) is 0 Å².